The molecule has 0 spiro atoms. The SMILES string of the molecule is Cc1sc(-c2cn[nH]n2)nc1-c1ccc(Br)cc1. The number of hydrogen-bond acceptors (Lipinski definition) is 4. The van der Waals surface area contributed by atoms with E-state index in [1.165, 1.54) is 4.88 Å². The Morgan fingerprint density at radius 3 is 2.67 bits per heavy atom. The Labute approximate surface area is 116 Å². The molecular formula is C12H9BrN4S. The zero-order valence-corrected chi connectivity index (χ0v) is 11.9. The highest BCUT2D eigenvalue weighted by Crippen LogP contribution is 2.32. The maximum absolute atomic E-state index is 4.63. The first-order valence-electron chi connectivity index (χ1n) is 5.33. The molecule has 3 rings (SSSR count). The highest BCUT2D eigenvalue weighted by molar-refractivity contribution is 9.10. The molecule has 0 aliphatic heterocycles. The van der Waals surface area contributed by atoms with Crippen molar-refractivity contribution >= 4 is 27.3 Å². The van der Waals surface area contributed by atoms with E-state index in [-0.39, 0.29) is 0 Å². The fourth-order valence-electron chi connectivity index (χ4n) is 1.69. The summed E-state index contributed by atoms with van der Waals surface area (Å²) in [5.74, 6) is 0. The Bertz CT molecular complexity index is 658. The predicted octanol–water partition coefficient (Wildman–Crippen LogP) is 3.67. The molecule has 2 aromatic heterocycles. The third-order valence-corrected chi connectivity index (χ3v) is 4.07. The van der Waals surface area contributed by atoms with Crippen LogP contribution in [0.25, 0.3) is 22.0 Å². The lowest BCUT2D eigenvalue weighted by atomic mass is 10.1. The maximum atomic E-state index is 4.63. The van der Waals surface area contributed by atoms with Gasteiger partial charge in [0.05, 0.1) is 11.9 Å². The van der Waals surface area contributed by atoms with Gasteiger partial charge in [-0.1, -0.05) is 28.1 Å². The van der Waals surface area contributed by atoms with Crippen molar-refractivity contribution in [2.45, 2.75) is 6.92 Å². The van der Waals surface area contributed by atoms with Gasteiger partial charge in [-0.05, 0) is 19.1 Å². The van der Waals surface area contributed by atoms with E-state index in [9.17, 15) is 0 Å². The summed E-state index contributed by atoms with van der Waals surface area (Å²) in [4.78, 5) is 5.81. The molecule has 0 atom stereocenters. The van der Waals surface area contributed by atoms with E-state index in [4.69, 9.17) is 0 Å². The summed E-state index contributed by atoms with van der Waals surface area (Å²) >= 11 is 5.06. The summed E-state index contributed by atoms with van der Waals surface area (Å²) in [6.45, 7) is 2.07. The molecule has 0 saturated heterocycles. The number of aromatic amines is 1. The number of halogens is 1. The van der Waals surface area contributed by atoms with Gasteiger partial charge in [-0.2, -0.15) is 15.4 Å². The van der Waals surface area contributed by atoms with Crippen LogP contribution in [0.4, 0.5) is 0 Å². The fourth-order valence-corrected chi connectivity index (χ4v) is 2.84. The molecule has 2 heterocycles. The molecule has 0 amide bonds. The average Bonchev–Trinajstić information content (AvgIpc) is 2.99. The van der Waals surface area contributed by atoms with Crippen LogP contribution in [0.2, 0.25) is 0 Å². The molecule has 3 aromatic rings. The van der Waals surface area contributed by atoms with Crippen LogP contribution in [0.5, 0.6) is 0 Å². The normalized spacial score (nSPS) is 10.8. The molecule has 1 N–H and O–H groups in total. The minimum atomic E-state index is 0.784. The largest absolute Gasteiger partial charge is 0.234 e. The molecule has 6 heteroatoms. The van der Waals surface area contributed by atoms with E-state index in [0.717, 1.165) is 26.4 Å². The van der Waals surface area contributed by atoms with Crippen LogP contribution in [-0.2, 0) is 0 Å². The maximum Gasteiger partial charge on any atom is 0.146 e. The Morgan fingerprint density at radius 2 is 2.00 bits per heavy atom. The first kappa shape index (κ1) is 11.6. The number of H-pyrrole nitrogens is 1. The van der Waals surface area contributed by atoms with Crippen LogP contribution in [0.15, 0.2) is 34.9 Å². The molecule has 0 aliphatic rings. The van der Waals surface area contributed by atoms with E-state index in [2.05, 4.69) is 55.4 Å². The van der Waals surface area contributed by atoms with Gasteiger partial charge in [0.15, 0.2) is 0 Å². The molecule has 0 aliphatic carbocycles. The zero-order chi connectivity index (χ0) is 12.5. The van der Waals surface area contributed by atoms with Crippen molar-refractivity contribution in [3.63, 3.8) is 0 Å². The summed E-state index contributed by atoms with van der Waals surface area (Å²) < 4.78 is 1.07. The van der Waals surface area contributed by atoms with Gasteiger partial charge in [0.25, 0.3) is 0 Å². The zero-order valence-electron chi connectivity index (χ0n) is 9.51. The average molecular weight is 321 g/mol. The Hall–Kier alpha value is -1.53. The minimum Gasteiger partial charge on any atom is -0.234 e. The summed E-state index contributed by atoms with van der Waals surface area (Å²) in [6, 6.07) is 8.14. The highest BCUT2D eigenvalue weighted by atomic mass is 79.9. The van der Waals surface area contributed by atoms with Crippen molar-refractivity contribution in [3.05, 3.63) is 39.8 Å². The van der Waals surface area contributed by atoms with E-state index < -0.39 is 0 Å². The second-order valence-electron chi connectivity index (χ2n) is 3.79. The predicted molar refractivity (Wildman–Crippen MR) is 75.4 cm³/mol. The summed E-state index contributed by atoms with van der Waals surface area (Å²) in [6.07, 6.45) is 1.68. The van der Waals surface area contributed by atoms with Crippen LogP contribution in [0.3, 0.4) is 0 Å². The quantitative estimate of drug-likeness (QED) is 0.783. The van der Waals surface area contributed by atoms with Gasteiger partial charge in [0.1, 0.15) is 10.7 Å². The van der Waals surface area contributed by atoms with Crippen molar-refractivity contribution < 1.29 is 0 Å². The van der Waals surface area contributed by atoms with Gasteiger partial charge in [-0.3, -0.25) is 0 Å². The fraction of sp³-hybridized carbons (Fsp3) is 0.0833. The van der Waals surface area contributed by atoms with Gasteiger partial charge in [-0.25, -0.2) is 4.98 Å². The molecule has 0 unspecified atom stereocenters. The molecule has 4 nitrogen and oxygen atoms in total. The van der Waals surface area contributed by atoms with Gasteiger partial charge >= 0.3 is 0 Å². The minimum absolute atomic E-state index is 0.784. The van der Waals surface area contributed by atoms with Crippen LogP contribution in [0.1, 0.15) is 4.88 Å². The van der Waals surface area contributed by atoms with Crippen LogP contribution in [0, 0.1) is 6.92 Å². The van der Waals surface area contributed by atoms with E-state index in [1.807, 2.05) is 12.1 Å². The van der Waals surface area contributed by atoms with E-state index in [1.54, 1.807) is 17.5 Å². The number of aryl methyl sites for hydroxylation is 1. The third-order valence-electron chi connectivity index (χ3n) is 2.55. The smallest absolute Gasteiger partial charge is 0.146 e. The van der Waals surface area contributed by atoms with E-state index >= 15 is 0 Å². The van der Waals surface area contributed by atoms with Gasteiger partial charge in [-0.15, -0.1) is 11.3 Å². The van der Waals surface area contributed by atoms with Crippen molar-refractivity contribution in [1.82, 2.24) is 20.4 Å². The number of thiazole rings is 1. The lowest BCUT2D eigenvalue weighted by molar-refractivity contribution is 0.942. The lowest BCUT2D eigenvalue weighted by Gasteiger charge is -1.98. The van der Waals surface area contributed by atoms with Crippen molar-refractivity contribution in [1.29, 1.82) is 0 Å². The topological polar surface area (TPSA) is 54.5 Å². The van der Waals surface area contributed by atoms with Crippen molar-refractivity contribution in [2.24, 2.45) is 0 Å². The molecule has 0 saturated carbocycles. The van der Waals surface area contributed by atoms with E-state index in [0.29, 0.717) is 0 Å². The number of nitrogens with one attached hydrogen (secondary N) is 1. The molecule has 18 heavy (non-hydrogen) atoms. The van der Waals surface area contributed by atoms with Gasteiger partial charge in [0.2, 0.25) is 0 Å². The molecule has 1 aromatic carbocycles. The lowest BCUT2D eigenvalue weighted by Crippen LogP contribution is -1.81. The molecule has 0 bridgehead atoms. The Balaban J connectivity index is 2.06. The monoisotopic (exact) mass is 320 g/mol. The molecule has 0 radical (unpaired) electrons. The molecule has 0 fully saturated rings. The van der Waals surface area contributed by atoms with Gasteiger partial charge < -0.3 is 0 Å². The van der Waals surface area contributed by atoms with Crippen LogP contribution < -0.4 is 0 Å². The van der Waals surface area contributed by atoms with Crippen molar-refractivity contribution in [3.8, 4) is 22.0 Å². The third kappa shape index (κ3) is 2.09. The Morgan fingerprint density at radius 1 is 1.22 bits per heavy atom. The number of hydrogen-bond donors (Lipinski definition) is 1. The summed E-state index contributed by atoms with van der Waals surface area (Å²) in [5, 5.41) is 11.4. The number of benzene rings is 1. The second-order valence-corrected chi connectivity index (χ2v) is 5.90. The number of rotatable bonds is 2. The molecular weight excluding hydrogens is 312 g/mol. The highest BCUT2D eigenvalue weighted by Gasteiger charge is 2.12. The summed E-state index contributed by atoms with van der Waals surface area (Å²) in [5.41, 5.74) is 2.90. The molecule has 90 valence electrons. The number of aromatic nitrogens is 4. The summed E-state index contributed by atoms with van der Waals surface area (Å²) in [7, 11) is 0. The Kier molecular flexibility index (Phi) is 2.97. The van der Waals surface area contributed by atoms with Crippen LogP contribution >= 0.6 is 27.3 Å². The van der Waals surface area contributed by atoms with Gasteiger partial charge in [0, 0.05) is 14.9 Å². The first-order valence-corrected chi connectivity index (χ1v) is 6.94. The second kappa shape index (κ2) is 4.62. The first-order chi connectivity index (χ1) is 8.74. The van der Waals surface area contributed by atoms with Crippen molar-refractivity contribution in [2.75, 3.05) is 0 Å². The number of nitrogens with zero attached hydrogens (tertiary/aromatic N) is 3. The van der Waals surface area contributed by atoms with Crippen LogP contribution in [-0.4, -0.2) is 20.4 Å². The standard InChI is InChI=1S/C12H9BrN4S/c1-7-11(8-2-4-9(13)5-3-8)15-12(18-7)10-6-14-17-16-10/h2-6H,1H3,(H,14,16,17).